The lowest BCUT2D eigenvalue weighted by atomic mass is 9.94. The van der Waals surface area contributed by atoms with E-state index in [1.807, 2.05) is 26.0 Å². The smallest absolute Gasteiger partial charge is 0.313 e. The molecule has 1 aromatic heterocycles. The highest BCUT2D eigenvalue weighted by Crippen LogP contribution is 2.37. The maximum Gasteiger partial charge on any atom is 0.313 e. The van der Waals surface area contributed by atoms with Gasteiger partial charge in [-0.3, -0.25) is 28.6 Å². The standard InChI is InChI=1S/C52H75F4N5O20S2/c1-3-8-61(80-4-2)51(65)37-31-41-40(58-42(57)32-37)33-38(82-41)30-36-34-60(35-36)52(66)39(5-9-62)59-43(63)6-10-70-12-14-72-16-18-74-20-22-76-24-26-78-28-29-79-27-25-77-23-21-75-19-17-73-15-13-71-11-7-44(64)81-49-45(53)47(55)50(83(67,68)69)48(56)46(49)54/h5,9,31,33,36,39,62H,3-4,6-8,10-30,32,34-35H2,1-2H3,(H2,57,58)(H,59,63)(H,67,68,69)/b9-5+. The number of benzene rings is 1. The zero-order valence-corrected chi connectivity index (χ0v) is 48.1. The van der Waals surface area contributed by atoms with E-state index in [1.54, 1.807) is 4.90 Å². The van der Waals surface area contributed by atoms with E-state index in [1.165, 1.54) is 22.5 Å². The van der Waals surface area contributed by atoms with Crippen molar-refractivity contribution < 1.29 is 112 Å². The summed E-state index contributed by atoms with van der Waals surface area (Å²) < 4.78 is 145. The number of fused-ring (bicyclic) bond motifs is 1. The molecule has 0 saturated carbocycles. The Morgan fingerprint density at radius 3 is 1.64 bits per heavy atom. The number of aliphatic imine (C=N–C) groups is 1. The Hall–Kier alpha value is -5.26. The molecule has 2 aromatic rings. The molecule has 2 aliphatic heterocycles. The predicted molar refractivity (Wildman–Crippen MR) is 288 cm³/mol. The van der Waals surface area contributed by atoms with Crippen molar-refractivity contribution >= 4 is 62.7 Å². The molecule has 1 fully saturated rings. The van der Waals surface area contributed by atoms with Gasteiger partial charge in [0.15, 0.2) is 16.5 Å². The summed E-state index contributed by atoms with van der Waals surface area (Å²) in [7, 11) is -5.65. The lowest BCUT2D eigenvalue weighted by molar-refractivity contribution is -0.180. The summed E-state index contributed by atoms with van der Waals surface area (Å²) in [6.07, 6.45) is 4.87. The normalized spacial score (nSPS) is 14.0. The van der Waals surface area contributed by atoms with Gasteiger partial charge in [-0.15, -0.1) is 11.3 Å². The van der Waals surface area contributed by atoms with Gasteiger partial charge in [-0.1, -0.05) is 6.92 Å². The van der Waals surface area contributed by atoms with Crippen molar-refractivity contribution in [3.05, 3.63) is 57.0 Å². The molecule has 1 aromatic carbocycles. The molecular weight excluding hydrogens is 1150 g/mol. The number of hydrogen-bond donors (Lipinski definition) is 4. The number of nitrogens with one attached hydrogen (secondary N) is 1. The van der Waals surface area contributed by atoms with Gasteiger partial charge in [0.05, 0.1) is 162 Å². The summed E-state index contributed by atoms with van der Waals surface area (Å²) in [5.74, 6) is -13.2. The third kappa shape index (κ3) is 25.9. The second-order valence-corrected chi connectivity index (χ2v) is 20.5. The molecule has 1 unspecified atom stereocenters. The van der Waals surface area contributed by atoms with Crippen LogP contribution in [0.25, 0.3) is 6.08 Å². The number of likely N-dealkylation sites (tertiary alicyclic amines) is 1. The molecule has 0 radical (unpaired) electrons. The van der Waals surface area contributed by atoms with Crippen LogP contribution in [0.15, 0.2) is 33.9 Å². The van der Waals surface area contributed by atoms with Crippen LogP contribution < -0.4 is 15.8 Å². The van der Waals surface area contributed by atoms with Crippen LogP contribution in [0.3, 0.4) is 0 Å². The molecule has 3 amide bonds. The van der Waals surface area contributed by atoms with Crippen molar-refractivity contribution in [1.29, 1.82) is 0 Å². The molecule has 468 valence electrons. The van der Waals surface area contributed by atoms with Crippen molar-refractivity contribution in [1.82, 2.24) is 15.3 Å². The molecule has 3 heterocycles. The first-order valence-electron chi connectivity index (χ1n) is 26.8. The van der Waals surface area contributed by atoms with E-state index in [9.17, 15) is 50.3 Å². The average molecular weight is 1230 g/mol. The Bertz CT molecular complexity index is 2500. The van der Waals surface area contributed by atoms with Crippen LogP contribution in [-0.4, -0.2) is 222 Å². The SMILES string of the molecule is CCCN(OCC)C(=O)C1=Cc2sc(CC3CN(C(=O)C(/C=C/O)NC(=O)CCOCCOCCOCCOCCOCCOCCOCCOCCOCCOCCC(=O)Oc4c(F)c(F)c(S(=O)(=O)O)c(F)c4F)C3)cc2N=C(N)C1. The second kappa shape index (κ2) is 39.4. The van der Waals surface area contributed by atoms with Crippen LogP contribution >= 0.6 is 11.3 Å². The van der Waals surface area contributed by atoms with Crippen LogP contribution in [0.5, 0.6) is 5.75 Å². The number of ether oxygens (including phenoxy) is 11. The van der Waals surface area contributed by atoms with Crippen LogP contribution in [0.1, 0.15) is 49.3 Å². The molecule has 2 aliphatic rings. The third-order valence-corrected chi connectivity index (χ3v) is 13.5. The Labute approximate surface area is 482 Å². The molecule has 25 nitrogen and oxygen atoms in total. The van der Waals surface area contributed by atoms with E-state index in [0.717, 1.165) is 22.4 Å². The van der Waals surface area contributed by atoms with Crippen molar-refractivity contribution in [2.24, 2.45) is 16.6 Å². The Kier molecular flexibility index (Phi) is 33.3. The Balaban J connectivity index is 0.869. The van der Waals surface area contributed by atoms with Gasteiger partial charge in [-0.25, -0.2) is 18.8 Å². The van der Waals surface area contributed by atoms with Gasteiger partial charge >= 0.3 is 16.1 Å². The molecule has 0 aliphatic carbocycles. The number of aliphatic hydroxyl groups is 1. The van der Waals surface area contributed by atoms with Gasteiger partial charge in [-0.2, -0.15) is 17.2 Å². The first-order valence-corrected chi connectivity index (χ1v) is 29.1. The lowest BCUT2D eigenvalue weighted by Gasteiger charge is -2.40. The molecule has 0 spiro atoms. The van der Waals surface area contributed by atoms with E-state index in [2.05, 4.69) is 15.0 Å². The van der Waals surface area contributed by atoms with E-state index in [0.29, 0.717) is 136 Å². The van der Waals surface area contributed by atoms with Crippen molar-refractivity contribution in [2.75, 3.05) is 158 Å². The zero-order valence-electron chi connectivity index (χ0n) is 46.5. The minimum Gasteiger partial charge on any atom is -0.516 e. The van der Waals surface area contributed by atoms with Gasteiger partial charge in [0.1, 0.15) is 11.9 Å². The van der Waals surface area contributed by atoms with Gasteiger partial charge < -0.3 is 73.2 Å². The van der Waals surface area contributed by atoms with Crippen LogP contribution in [0.4, 0.5) is 23.2 Å². The van der Waals surface area contributed by atoms with Gasteiger partial charge in [0, 0.05) is 42.9 Å². The fourth-order valence-electron chi connectivity index (χ4n) is 7.58. The zero-order chi connectivity index (χ0) is 60.4. The summed E-state index contributed by atoms with van der Waals surface area (Å²) in [6.45, 7) is 10.8. The van der Waals surface area contributed by atoms with E-state index in [4.69, 9.17) is 62.5 Å². The van der Waals surface area contributed by atoms with Crippen molar-refractivity contribution in [3.8, 4) is 5.75 Å². The van der Waals surface area contributed by atoms with E-state index in [-0.39, 0.29) is 76.8 Å². The Morgan fingerprint density at radius 2 is 1.20 bits per heavy atom. The number of halogens is 4. The fourth-order valence-corrected chi connectivity index (χ4v) is 9.39. The first kappa shape index (κ1) is 70.2. The van der Waals surface area contributed by atoms with Crippen LogP contribution in [0, 0.1) is 29.2 Å². The number of nitrogens with two attached hydrogens (primary N) is 1. The number of hydroxylamine groups is 2. The topological polar surface area (TPSA) is 311 Å². The molecule has 0 bridgehead atoms. The van der Waals surface area contributed by atoms with Gasteiger partial charge in [-0.05, 0) is 43.9 Å². The van der Waals surface area contributed by atoms with Crippen molar-refractivity contribution in [2.45, 2.75) is 56.9 Å². The van der Waals surface area contributed by atoms with Gasteiger partial charge in [0.25, 0.3) is 5.91 Å². The highest BCUT2D eigenvalue weighted by Gasteiger charge is 2.36. The molecule has 31 heteroatoms. The Morgan fingerprint density at radius 1 is 0.747 bits per heavy atom. The van der Waals surface area contributed by atoms with Crippen molar-refractivity contribution in [3.63, 3.8) is 0 Å². The maximum absolute atomic E-state index is 14.0. The summed E-state index contributed by atoms with van der Waals surface area (Å²) in [5, 5.41) is 13.5. The highest BCUT2D eigenvalue weighted by molar-refractivity contribution is 7.85. The van der Waals surface area contributed by atoms with Crippen LogP contribution in [0.2, 0.25) is 0 Å². The number of carbonyl (C=O) groups is 4. The fraction of sp³-hybridized carbons (Fsp3) is 0.635. The number of carbonyl (C=O) groups excluding carboxylic acids is 4. The number of amidine groups is 1. The van der Waals surface area contributed by atoms with E-state index >= 15 is 0 Å². The summed E-state index contributed by atoms with van der Waals surface area (Å²) in [6, 6.07) is 0.931. The lowest BCUT2D eigenvalue weighted by Crippen LogP contribution is -2.57. The number of aliphatic hydroxyl groups excluding tert-OH is 1. The number of nitrogens with zero attached hydrogens (tertiary/aromatic N) is 3. The van der Waals surface area contributed by atoms with Gasteiger partial charge in [0.2, 0.25) is 29.2 Å². The second-order valence-electron chi connectivity index (χ2n) is 17.9. The largest absolute Gasteiger partial charge is 0.516 e. The number of hydrogen-bond acceptors (Lipinski definition) is 22. The quantitative estimate of drug-likeness (QED) is 0.0108. The third-order valence-electron chi connectivity index (χ3n) is 11.5. The number of thiophene rings is 1. The summed E-state index contributed by atoms with van der Waals surface area (Å²) >= 11 is 1.53. The molecule has 4 rings (SSSR count). The molecule has 83 heavy (non-hydrogen) atoms. The molecule has 5 N–H and O–H groups in total. The minimum atomic E-state index is -5.65. The predicted octanol–water partition coefficient (Wildman–Crippen LogP) is 3.63. The highest BCUT2D eigenvalue weighted by atomic mass is 32.2. The minimum absolute atomic E-state index is 0.00110. The maximum atomic E-state index is 14.0. The van der Waals surface area contributed by atoms with E-state index < -0.39 is 68.4 Å². The summed E-state index contributed by atoms with van der Waals surface area (Å²) in [4.78, 5) is 62.4. The molecule has 1 atom stereocenters. The first-order chi connectivity index (χ1) is 40.0. The van der Waals surface area contributed by atoms with Crippen LogP contribution in [-0.2, 0) is 87.9 Å². The number of amides is 3. The molecular formula is C52H75F4N5O20S2. The number of rotatable bonds is 45. The average Bonchev–Trinajstić information content (AvgIpc) is 3.93. The monoisotopic (exact) mass is 1230 g/mol. The summed E-state index contributed by atoms with van der Waals surface area (Å²) in [5.41, 5.74) is 7.40. The molecule has 1 saturated heterocycles. The number of esters is 1.